The summed E-state index contributed by atoms with van der Waals surface area (Å²) in [5, 5.41) is 28.4. The molecular formula is C26H32N6O2S. The minimum Gasteiger partial charge on any atom is -0.352 e. The summed E-state index contributed by atoms with van der Waals surface area (Å²) >= 11 is 1.55. The Balaban J connectivity index is 1.46. The average Bonchev–Trinajstić information content (AvgIpc) is 3.37. The van der Waals surface area contributed by atoms with Gasteiger partial charge in [0.2, 0.25) is 0 Å². The maximum atomic E-state index is 12.7. The molecule has 0 aliphatic carbocycles. The van der Waals surface area contributed by atoms with Crippen LogP contribution < -0.4 is 10.6 Å². The zero-order valence-corrected chi connectivity index (χ0v) is 21.3. The Kier molecular flexibility index (Phi) is 9.50. The van der Waals surface area contributed by atoms with E-state index in [4.69, 9.17) is 10.5 Å². The first-order chi connectivity index (χ1) is 16.8. The lowest BCUT2D eigenvalue weighted by Gasteiger charge is -2.37. The Hall–Kier alpha value is -3.11. The van der Waals surface area contributed by atoms with Crippen LogP contribution in [0.4, 0.5) is 0 Å². The summed E-state index contributed by atoms with van der Waals surface area (Å²) in [6.07, 6.45) is 2.58. The summed E-state index contributed by atoms with van der Waals surface area (Å²) in [5.74, 6) is -0.242. The number of hydrogen-bond donors (Lipinski definition) is 2. The minimum atomic E-state index is -0.422. The van der Waals surface area contributed by atoms with Gasteiger partial charge >= 0.3 is 0 Å². The Morgan fingerprint density at radius 1 is 1.29 bits per heavy atom. The van der Waals surface area contributed by atoms with Gasteiger partial charge in [-0.3, -0.25) is 9.59 Å². The fourth-order valence-electron chi connectivity index (χ4n) is 4.63. The molecule has 1 fully saturated rings. The van der Waals surface area contributed by atoms with Crippen molar-refractivity contribution in [2.45, 2.75) is 64.6 Å². The molecule has 35 heavy (non-hydrogen) atoms. The number of ketones is 1. The number of carbonyl (C=O) groups excluding carboxylic acids is 2. The number of rotatable bonds is 10. The van der Waals surface area contributed by atoms with E-state index in [1.807, 2.05) is 35.9 Å². The Morgan fingerprint density at radius 2 is 2.03 bits per heavy atom. The van der Waals surface area contributed by atoms with Crippen LogP contribution in [0.5, 0.6) is 0 Å². The lowest BCUT2D eigenvalue weighted by atomic mass is 9.98. The number of nitrogens with one attached hydrogen (secondary N) is 2. The van der Waals surface area contributed by atoms with E-state index in [1.54, 1.807) is 24.3 Å². The zero-order chi connectivity index (χ0) is 25.4. The highest BCUT2D eigenvalue weighted by atomic mass is 32.1. The average molecular weight is 493 g/mol. The van der Waals surface area contributed by atoms with E-state index in [9.17, 15) is 9.59 Å². The number of piperidine rings is 1. The fraction of sp³-hybridized carbons (Fsp3) is 0.500. The summed E-state index contributed by atoms with van der Waals surface area (Å²) in [4.78, 5) is 31.8. The molecule has 1 saturated heterocycles. The van der Waals surface area contributed by atoms with Crippen LogP contribution in [0.2, 0.25) is 0 Å². The van der Waals surface area contributed by atoms with Crippen LogP contribution in [-0.2, 0) is 4.79 Å². The lowest BCUT2D eigenvalue weighted by Crippen LogP contribution is -2.48. The van der Waals surface area contributed by atoms with Crippen molar-refractivity contribution in [3.63, 3.8) is 0 Å². The van der Waals surface area contributed by atoms with Crippen molar-refractivity contribution in [3.05, 3.63) is 51.0 Å². The van der Waals surface area contributed by atoms with Crippen molar-refractivity contribution in [1.82, 2.24) is 20.5 Å². The Bertz CT molecular complexity index is 1090. The summed E-state index contributed by atoms with van der Waals surface area (Å²) in [5.41, 5.74) is 3.11. The van der Waals surface area contributed by atoms with Gasteiger partial charge in [0, 0.05) is 18.6 Å². The van der Waals surface area contributed by atoms with Crippen molar-refractivity contribution in [2.24, 2.45) is 0 Å². The van der Waals surface area contributed by atoms with E-state index in [0.717, 1.165) is 43.5 Å². The van der Waals surface area contributed by atoms with Gasteiger partial charge in [-0.15, -0.1) is 0 Å². The minimum absolute atomic E-state index is 0.0830. The maximum Gasteiger partial charge on any atom is 0.253 e. The third-order valence-electron chi connectivity index (χ3n) is 6.59. The molecule has 3 heterocycles. The van der Waals surface area contributed by atoms with Crippen LogP contribution in [0.3, 0.4) is 0 Å². The van der Waals surface area contributed by atoms with Crippen LogP contribution in [0.15, 0.2) is 22.9 Å². The topological polar surface area (TPSA) is 122 Å². The first kappa shape index (κ1) is 26.5. The summed E-state index contributed by atoms with van der Waals surface area (Å²) in [6, 6.07) is 7.69. The SMILES string of the molecule is Cc1cc(C#N)nc(C)c1C(=O)NCC[C@@H](C)N1CCC(NC(C(=O)CC#N)c2ccsc2)CC1. The molecule has 2 aromatic rings. The molecule has 1 amide bonds. The van der Waals surface area contributed by atoms with Gasteiger partial charge in [0.05, 0.1) is 29.8 Å². The van der Waals surface area contributed by atoms with E-state index in [0.29, 0.717) is 29.5 Å². The third-order valence-corrected chi connectivity index (χ3v) is 7.30. The molecule has 0 spiro atoms. The van der Waals surface area contributed by atoms with Gasteiger partial charge in [-0.2, -0.15) is 21.9 Å². The standard InChI is InChI=1S/C26H32N6O2S/c1-17-14-22(15-28)30-19(3)24(17)26(34)29-10-5-18(2)32-11-6-21(7-12-32)31-25(23(33)4-9-27)20-8-13-35-16-20/h8,13-14,16,18,21,25,31H,4-7,10-12H2,1-3H3,(H,29,34)/t18-,25?/m1/s1. The second-order valence-electron chi connectivity index (χ2n) is 9.06. The van der Waals surface area contributed by atoms with Gasteiger partial charge in [-0.05, 0) is 87.1 Å². The second kappa shape index (κ2) is 12.6. The van der Waals surface area contributed by atoms with E-state index >= 15 is 0 Å². The number of likely N-dealkylation sites (tertiary alicyclic amines) is 1. The number of amides is 1. The summed E-state index contributed by atoms with van der Waals surface area (Å²) in [6.45, 7) is 8.12. The molecule has 0 saturated carbocycles. The van der Waals surface area contributed by atoms with Gasteiger partial charge in [-0.1, -0.05) is 0 Å². The van der Waals surface area contributed by atoms with Crippen molar-refractivity contribution in [3.8, 4) is 12.1 Å². The zero-order valence-electron chi connectivity index (χ0n) is 20.5. The molecule has 8 nitrogen and oxygen atoms in total. The molecule has 2 aromatic heterocycles. The molecule has 0 radical (unpaired) electrons. The highest BCUT2D eigenvalue weighted by molar-refractivity contribution is 7.08. The molecule has 9 heteroatoms. The van der Waals surface area contributed by atoms with Crippen molar-refractivity contribution < 1.29 is 9.59 Å². The number of Topliss-reactive ketones (excluding diaryl/α,β-unsaturated/α-hetero) is 1. The molecule has 184 valence electrons. The number of aromatic nitrogens is 1. The van der Waals surface area contributed by atoms with Crippen LogP contribution in [0, 0.1) is 36.5 Å². The van der Waals surface area contributed by atoms with Crippen molar-refractivity contribution >= 4 is 23.0 Å². The number of nitriles is 2. The van der Waals surface area contributed by atoms with E-state index < -0.39 is 6.04 Å². The summed E-state index contributed by atoms with van der Waals surface area (Å²) in [7, 11) is 0. The van der Waals surface area contributed by atoms with Crippen LogP contribution in [0.25, 0.3) is 0 Å². The molecule has 3 rings (SSSR count). The van der Waals surface area contributed by atoms with Crippen molar-refractivity contribution in [1.29, 1.82) is 10.5 Å². The summed E-state index contributed by atoms with van der Waals surface area (Å²) < 4.78 is 0. The van der Waals surface area contributed by atoms with Crippen LogP contribution in [-0.4, -0.2) is 53.3 Å². The number of thiophene rings is 1. The van der Waals surface area contributed by atoms with Gasteiger partial charge in [-0.25, -0.2) is 4.98 Å². The number of nitrogens with zero attached hydrogens (tertiary/aromatic N) is 4. The van der Waals surface area contributed by atoms with E-state index in [2.05, 4.69) is 27.4 Å². The lowest BCUT2D eigenvalue weighted by molar-refractivity contribution is -0.120. The third kappa shape index (κ3) is 6.95. The normalized spacial score (nSPS) is 16.1. The molecule has 2 N–H and O–H groups in total. The van der Waals surface area contributed by atoms with Gasteiger partial charge in [0.25, 0.3) is 5.91 Å². The first-order valence-corrected chi connectivity index (χ1v) is 12.9. The largest absolute Gasteiger partial charge is 0.352 e. The predicted molar refractivity (Wildman–Crippen MR) is 135 cm³/mol. The van der Waals surface area contributed by atoms with Gasteiger partial charge in [0.1, 0.15) is 11.8 Å². The smallest absolute Gasteiger partial charge is 0.253 e. The van der Waals surface area contributed by atoms with Crippen molar-refractivity contribution in [2.75, 3.05) is 19.6 Å². The van der Waals surface area contributed by atoms with Gasteiger partial charge in [0.15, 0.2) is 5.78 Å². The van der Waals surface area contributed by atoms with Crippen LogP contribution >= 0.6 is 11.3 Å². The Morgan fingerprint density at radius 3 is 2.63 bits per heavy atom. The highest BCUT2D eigenvalue weighted by Gasteiger charge is 2.28. The molecule has 1 unspecified atom stereocenters. The number of aryl methyl sites for hydroxylation is 2. The quantitative estimate of drug-likeness (QED) is 0.521. The number of carbonyl (C=O) groups is 2. The molecule has 0 aromatic carbocycles. The van der Waals surface area contributed by atoms with E-state index in [-0.39, 0.29) is 24.2 Å². The molecule has 1 aliphatic heterocycles. The monoisotopic (exact) mass is 492 g/mol. The molecule has 1 aliphatic rings. The van der Waals surface area contributed by atoms with E-state index in [1.165, 1.54) is 0 Å². The molecule has 2 atom stereocenters. The van der Waals surface area contributed by atoms with Crippen LogP contribution in [0.1, 0.15) is 71.5 Å². The highest BCUT2D eigenvalue weighted by Crippen LogP contribution is 2.23. The fourth-order valence-corrected chi connectivity index (χ4v) is 5.32. The first-order valence-electron chi connectivity index (χ1n) is 11.9. The molecule has 0 bridgehead atoms. The maximum absolute atomic E-state index is 12.7. The molecular weight excluding hydrogens is 460 g/mol. The predicted octanol–water partition coefficient (Wildman–Crippen LogP) is 3.42. The van der Waals surface area contributed by atoms with Gasteiger partial charge < -0.3 is 15.5 Å². The second-order valence-corrected chi connectivity index (χ2v) is 9.84. The Labute approximate surface area is 211 Å². The number of hydrogen-bond acceptors (Lipinski definition) is 8. The number of pyridine rings is 1.